The summed E-state index contributed by atoms with van der Waals surface area (Å²) in [4.78, 5) is 0. The summed E-state index contributed by atoms with van der Waals surface area (Å²) in [6.45, 7) is 3.92. The molecule has 180 valence electrons. The zero-order valence-corrected chi connectivity index (χ0v) is 18.9. The number of rotatable bonds is 9. The van der Waals surface area contributed by atoms with E-state index < -0.39 is 29.3 Å². The lowest BCUT2D eigenvalue weighted by Gasteiger charge is -2.26. The highest BCUT2D eigenvalue weighted by molar-refractivity contribution is 5.66. The van der Waals surface area contributed by atoms with Crippen molar-refractivity contribution in [1.29, 1.82) is 0 Å². The van der Waals surface area contributed by atoms with Gasteiger partial charge >= 0.3 is 6.11 Å². The van der Waals surface area contributed by atoms with E-state index in [1.807, 2.05) is 0 Å². The van der Waals surface area contributed by atoms with Crippen molar-refractivity contribution in [2.75, 3.05) is 6.61 Å². The fourth-order valence-corrected chi connectivity index (χ4v) is 4.28. The van der Waals surface area contributed by atoms with E-state index in [2.05, 4.69) is 11.7 Å². The quantitative estimate of drug-likeness (QED) is 0.272. The number of halogens is 5. The summed E-state index contributed by atoms with van der Waals surface area (Å²) in [7, 11) is 0. The summed E-state index contributed by atoms with van der Waals surface area (Å²) >= 11 is 0. The first-order valence-corrected chi connectivity index (χ1v) is 11.4. The Hall–Kier alpha value is -2.57. The van der Waals surface area contributed by atoms with Crippen LogP contribution in [-0.4, -0.2) is 12.7 Å². The van der Waals surface area contributed by atoms with Gasteiger partial charge in [0, 0.05) is 11.6 Å². The molecule has 33 heavy (non-hydrogen) atoms. The highest BCUT2D eigenvalue weighted by Gasteiger charge is 2.30. The van der Waals surface area contributed by atoms with Crippen LogP contribution in [0.15, 0.2) is 42.5 Å². The predicted octanol–water partition coefficient (Wildman–Crippen LogP) is 8.30. The molecule has 1 fully saturated rings. The molecule has 1 saturated carbocycles. The van der Waals surface area contributed by atoms with Gasteiger partial charge in [0.25, 0.3) is 0 Å². The summed E-state index contributed by atoms with van der Waals surface area (Å²) in [5, 5.41) is 0. The molecule has 0 N–H and O–H groups in total. The fraction of sp³-hybridized carbons (Fsp3) is 0.462. The van der Waals surface area contributed by atoms with Crippen LogP contribution in [-0.2, 0) is 0 Å². The van der Waals surface area contributed by atoms with Crippen LogP contribution in [0, 0.1) is 29.3 Å². The van der Waals surface area contributed by atoms with Crippen molar-refractivity contribution in [2.45, 2.75) is 58.5 Å². The van der Waals surface area contributed by atoms with Gasteiger partial charge in [-0.2, -0.15) is 13.2 Å². The van der Waals surface area contributed by atoms with Gasteiger partial charge in [0.1, 0.15) is 0 Å². The van der Waals surface area contributed by atoms with E-state index in [1.165, 1.54) is 24.3 Å². The van der Waals surface area contributed by atoms with E-state index >= 15 is 0 Å². The molecule has 2 aromatic rings. The van der Waals surface area contributed by atoms with Crippen LogP contribution in [0.2, 0.25) is 0 Å². The highest BCUT2D eigenvalue weighted by atomic mass is 19.3. The van der Waals surface area contributed by atoms with E-state index in [4.69, 9.17) is 4.74 Å². The second-order valence-electron chi connectivity index (χ2n) is 8.41. The molecule has 3 rings (SSSR count). The second kappa shape index (κ2) is 11.0. The third-order valence-electron chi connectivity index (χ3n) is 5.99. The predicted molar refractivity (Wildman–Crippen MR) is 118 cm³/mol. The van der Waals surface area contributed by atoms with Crippen molar-refractivity contribution in [1.82, 2.24) is 0 Å². The van der Waals surface area contributed by atoms with E-state index in [0.717, 1.165) is 50.7 Å². The molecule has 7 heteroatoms. The van der Waals surface area contributed by atoms with Crippen LogP contribution >= 0.6 is 0 Å². The number of hydrogen-bond acceptors (Lipinski definition) is 2. The van der Waals surface area contributed by atoms with Gasteiger partial charge in [-0.3, -0.25) is 0 Å². The Morgan fingerprint density at radius 1 is 0.939 bits per heavy atom. The number of benzene rings is 2. The molecule has 0 radical (unpaired) electrons. The Kier molecular flexibility index (Phi) is 8.38. The monoisotopic (exact) mass is 468 g/mol. The Morgan fingerprint density at radius 3 is 2.27 bits per heavy atom. The Balaban J connectivity index is 1.68. The summed E-state index contributed by atoms with van der Waals surface area (Å²) < 4.78 is 81.2. The van der Waals surface area contributed by atoms with Gasteiger partial charge in [-0.05, 0) is 74.3 Å². The average Bonchev–Trinajstić information content (AvgIpc) is 2.78. The lowest BCUT2D eigenvalue weighted by molar-refractivity contribution is -0.133. The van der Waals surface area contributed by atoms with Gasteiger partial charge in [0.05, 0.1) is 6.61 Å². The lowest BCUT2D eigenvalue weighted by Crippen LogP contribution is -2.23. The molecule has 0 bridgehead atoms. The Bertz CT molecular complexity index is 965. The van der Waals surface area contributed by atoms with Crippen molar-refractivity contribution in [2.24, 2.45) is 11.8 Å². The standard InChI is InChI=1S/C26H29F5O2/c1-3-5-17-6-8-18(9-7-17)14-15-26(30,31)33-22-12-10-19(16-21(22)27)20-11-13-23(32-4-2)25(29)24(20)28/h10-18H,3-9H2,1-2H3. The van der Waals surface area contributed by atoms with Crippen LogP contribution < -0.4 is 9.47 Å². The largest absolute Gasteiger partial charge is 0.491 e. The number of allylic oxidation sites excluding steroid dienone is 1. The van der Waals surface area contributed by atoms with Gasteiger partial charge in [0.15, 0.2) is 23.1 Å². The summed E-state index contributed by atoms with van der Waals surface area (Å²) in [6.07, 6.45) is 4.47. The molecular formula is C26H29F5O2. The number of ether oxygens (including phenoxy) is 2. The molecule has 2 aromatic carbocycles. The second-order valence-corrected chi connectivity index (χ2v) is 8.41. The minimum atomic E-state index is -3.70. The average molecular weight is 469 g/mol. The number of hydrogen-bond donors (Lipinski definition) is 0. The normalized spacial score (nSPS) is 19.1. The van der Waals surface area contributed by atoms with Crippen molar-refractivity contribution >= 4 is 0 Å². The lowest BCUT2D eigenvalue weighted by atomic mass is 9.80. The molecular weight excluding hydrogens is 439 g/mol. The maximum atomic E-state index is 14.5. The minimum absolute atomic E-state index is 0.0120. The minimum Gasteiger partial charge on any atom is -0.491 e. The first-order valence-electron chi connectivity index (χ1n) is 11.4. The van der Waals surface area contributed by atoms with Gasteiger partial charge in [-0.25, -0.2) is 8.78 Å². The third-order valence-corrected chi connectivity index (χ3v) is 5.99. The molecule has 0 unspecified atom stereocenters. The van der Waals surface area contributed by atoms with Gasteiger partial charge in [0.2, 0.25) is 5.82 Å². The highest BCUT2D eigenvalue weighted by Crippen LogP contribution is 2.35. The molecule has 0 amide bonds. The Morgan fingerprint density at radius 2 is 1.64 bits per heavy atom. The van der Waals surface area contributed by atoms with Crippen molar-refractivity contribution < 1.29 is 31.4 Å². The van der Waals surface area contributed by atoms with Crippen LogP contribution in [0.4, 0.5) is 22.0 Å². The summed E-state index contributed by atoms with van der Waals surface area (Å²) in [5.41, 5.74) is -0.228. The van der Waals surface area contributed by atoms with Crippen molar-refractivity contribution in [3.8, 4) is 22.6 Å². The van der Waals surface area contributed by atoms with Crippen molar-refractivity contribution in [3.05, 3.63) is 59.9 Å². The molecule has 0 aliphatic heterocycles. The van der Waals surface area contributed by atoms with E-state index in [1.54, 1.807) is 6.92 Å². The van der Waals surface area contributed by atoms with E-state index in [9.17, 15) is 22.0 Å². The van der Waals surface area contributed by atoms with Gasteiger partial charge in [-0.15, -0.1) is 0 Å². The SMILES string of the molecule is CCCC1CCC(C=CC(F)(F)Oc2ccc(-c3ccc(OCC)c(F)c3F)cc2F)CC1. The third kappa shape index (κ3) is 6.49. The zero-order chi connectivity index (χ0) is 24.0. The first-order chi connectivity index (χ1) is 15.7. The molecule has 0 heterocycles. The van der Waals surface area contributed by atoms with Crippen LogP contribution in [0.25, 0.3) is 11.1 Å². The van der Waals surface area contributed by atoms with Gasteiger partial charge in [-0.1, -0.05) is 31.9 Å². The van der Waals surface area contributed by atoms with E-state index in [-0.39, 0.29) is 29.4 Å². The molecule has 1 aliphatic rings. The smallest absolute Gasteiger partial charge is 0.419 e. The molecule has 0 aromatic heterocycles. The number of alkyl halides is 2. The zero-order valence-electron chi connectivity index (χ0n) is 18.9. The molecule has 0 spiro atoms. The van der Waals surface area contributed by atoms with E-state index in [0.29, 0.717) is 12.0 Å². The topological polar surface area (TPSA) is 18.5 Å². The van der Waals surface area contributed by atoms with Gasteiger partial charge < -0.3 is 9.47 Å². The Labute approximate surface area is 191 Å². The van der Waals surface area contributed by atoms with Crippen LogP contribution in [0.1, 0.15) is 52.4 Å². The first kappa shape index (κ1) is 25.1. The molecule has 2 nitrogen and oxygen atoms in total. The van der Waals surface area contributed by atoms with Crippen LogP contribution in [0.5, 0.6) is 11.5 Å². The molecule has 0 atom stereocenters. The summed E-state index contributed by atoms with van der Waals surface area (Å²) in [6, 6.07) is 5.49. The fourth-order valence-electron chi connectivity index (χ4n) is 4.28. The molecule has 0 saturated heterocycles. The van der Waals surface area contributed by atoms with Crippen molar-refractivity contribution in [3.63, 3.8) is 0 Å². The summed E-state index contributed by atoms with van der Waals surface area (Å²) in [5.74, 6) is -3.73. The maximum Gasteiger partial charge on any atom is 0.419 e. The van der Waals surface area contributed by atoms with Crippen LogP contribution in [0.3, 0.4) is 0 Å². The molecule has 1 aliphatic carbocycles. The maximum absolute atomic E-state index is 14.5.